The third-order valence-corrected chi connectivity index (χ3v) is 3.56. The Morgan fingerprint density at radius 2 is 1.68 bits per heavy atom. The maximum absolute atomic E-state index is 5.42. The molecule has 0 radical (unpaired) electrons. The standard InChI is InChI=1S/C17H29NO/c1-13(14(2)19-6)18-16(12-17(3,4)5)15-10-8-7-9-11-15/h7-11,13-14,16,18H,12H2,1-6H3. The zero-order valence-corrected chi connectivity index (χ0v) is 13.2. The second kappa shape index (κ2) is 7.06. The van der Waals surface area contributed by atoms with Crippen LogP contribution in [-0.2, 0) is 4.74 Å². The number of methoxy groups -OCH3 is 1. The minimum Gasteiger partial charge on any atom is -0.380 e. The van der Waals surface area contributed by atoms with Crippen LogP contribution < -0.4 is 5.32 Å². The Labute approximate surface area is 118 Å². The first-order valence-corrected chi connectivity index (χ1v) is 7.17. The molecule has 3 unspecified atom stereocenters. The van der Waals surface area contributed by atoms with Crippen molar-refractivity contribution in [1.82, 2.24) is 5.32 Å². The molecule has 0 aromatic heterocycles. The highest BCUT2D eigenvalue weighted by Gasteiger charge is 2.23. The van der Waals surface area contributed by atoms with E-state index in [4.69, 9.17) is 4.74 Å². The van der Waals surface area contributed by atoms with Crippen LogP contribution in [0.5, 0.6) is 0 Å². The van der Waals surface area contributed by atoms with Crippen LogP contribution in [0, 0.1) is 5.41 Å². The first kappa shape index (κ1) is 16.2. The summed E-state index contributed by atoms with van der Waals surface area (Å²) in [7, 11) is 1.77. The molecule has 0 aliphatic carbocycles. The maximum Gasteiger partial charge on any atom is 0.0693 e. The topological polar surface area (TPSA) is 21.3 Å². The van der Waals surface area contributed by atoms with Gasteiger partial charge in [0, 0.05) is 19.2 Å². The van der Waals surface area contributed by atoms with Crippen LogP contribution >= 0.6 is 0 Å². The summed E-state index contributed by atoms with van der Waals surface area (Å²) in [6.07, 6.45) is 1.32. The van der Waals surface area contributed by atoms with E-state index in [0.717, 1.165) is 6.42 Å². The number of hydrogen-bond donors (Lipinski definition) is 1. The molecule has 0 spiro atoms. The van der Waals surface area contributed by atoms with Crippen molar-refractivity contribution in [1.29, 1.82) is 0 Å². The fraction of sp³-hybridized carbons (Fsp3) is 0.647. The van der Waals surface area contributed by atoms with Crippen LogP contribution in [0.3, 0.4) is 0 Å². The summed E-state index contributed by atoms with van der Waals surface area (Å²) in [5.74, 6) is 0. The number of ether oxygens (including phenoxy) is 1. The second-order valence-corrected chi connectivity index (χ2v) is 6.62. The highest BCUT2D eigenvalue weighted by molar-refractivity contribution is 5.19. The highest BCUT2D eigenvalue weighted by Crippen LogP contribution is 2.29. The van der Waals surface area contributed by atoms with Gasteiger partial charge in [-0.3, -0.25) is 0 Å². The predicted octanol–water partition coefficient (Wildman–Crippen LogP) is 4.18. The molecule has 0 saturated carbocycles. The Morgan fingerprint density at radius 1 is 1.11 bits per heavy atom. The van der Waals surface area contributed by atoms with Gasteiger partial charge in [0.25, 0.3) is 0 Å². The lowest BCUT2D eigenvalue weighted by Crippen LogP contribution is -2.40. The number of rotatable bonds is 6. The van der Waals surface area contributed by atoms with Crippen LogP contribution in [0.1, 0.15) is 52.6 Å². The first-order chi connectivity index (χ1) is 8.83. The number of benzene rings is 1. The average Bonchev–Trinajstić information content (AvgIpc) is 2.36. The molecule has 0 heterocycles. The normalized spacial score (nSPS) is 16.9. The summed E-state index contributed by atoms with van der Waals surface area (Å²) in [5.41, 5.74) is 1.65. The van der Waals surface area contributed by atoms with Crippen molar-refractivity contribution in [3.05, 3.63) is 35.9 Å². The van der Waals surface area contributed by atoms with Crippen molar-refractivity contribution < 1.29 is 4.74 Å². The van der Waals surface area contributed by atoms with E-state index in [1.54, 1.807) is 7.11 Å². The van der Waals surface area contributed by atoms with Crippen LogP contribution in [0.25, 0.3) is 0 Å². The lowest BCUT2D eigenvalue weighted by molar-refractivity contribution is 0.0816. The van der Waals surface area contributed by atoms with Gasteiger partial charge in [-0.15, -0.1) is 0 Å². The molecule has 0 amide bonds. The molecule has 1 aromatic carbocycles. The molecule has 2 nitrogen and oxygen atoms in total. The molecule has 0 aliphatic heterocycles. The molecule has 0 bridgehead atoms. The van der Waals surface area contributed by atoms with Gasteiger partial charge < -0.3 is 10.1 Å². The van der Waals surface area contributed by atoms with Gasteiger partial charge >= 0.3 is 0 Å². The molecular formula is C17H29NO. The van der Waals surface area contributed by atoms with E-state index in [9.17, 15) is 0 Å². The summed E-state index contributed by atoms with van der Waals surface area (Å²) in [6.45, 7) is 11.2. The van der Waals surface area contributed by atoms with Gasteiger partial charge in [0.2, 0.25) is 0 Å². The highest BCUT2D eigenvalue weighted by atomic mass is 16.5. The molecule has 19 heavy (non-hydrogen) atoms. The molecule has 3 atom stereocenters. The summed E-state index contributed by atoms with van der Waals surface area (Å²) >= 11 is 0. The van der Waals surface area contributed by atoms with Crippen molar-refractivity contribution in [2.45, 2.75) is 59.2 Å². The molecule has 108 valence electrons. The Morgan fingerprint density at radius 3 is 2.16 bits per heavy atom. The summed E-state index contributed by atoms with van der Waals surface area (Å²) in [6, 6.07) is 11.4. The average molecular weight is 263 g/mol. The first-order valence-electron chi connectivity index (χ1n) is 7.17. The third-order valence-electron chi connectivity index (χ3n) is 3.56. The summed E-state index contributed by atoms with van der Waals surface area (Å²) in [4.78, 5) is 0. The van der Waals surface area contributed by atoms with Crippen LogP contribution in [0.15, 0.2) is 30.3 Å². The summed E-state index contributed by atoms with van der Waals surface area (Å²) < 4.78 is 5.42. The fourth-order valence-electron chi connectivity index (χ4n) is 2.23. The van der Waals surface area contributed by atoms with Crippen molar-refractivity contribution in [3.8, 4) is 0 Å². The van der Waals surface area contributed by atoms with E-state index >= 15 is 0 Å². The fourth-order valence-corrected chi connectivity index (χ4v) is 2.23. The Kier molecular flexibility index (Phi) is 6.02. The Bertz CT molecular complexity index is 355. The quantitative estimate of drug-likeness (QED) is 0.831. The Hall–Kier alpha value is -0.860. The van der Waals surface area contributed by atoms with E-state index < -0.39 is 0 Å². The van der Waals surface area contributed by atoms with E-state index in [2.05, 4.69) is 70.3 Å². The van der Waals surface area contributed by atoms with Crippen LogP contribution in [-0.4, -0.2) is 19.3 Å². The van der Waals surface area contributed by atoms with Crippen LogP contribution in [0.2, 0.25) is 0 Å². The second-order valence-electron chi connectivity index (χ2n) is 6.62. The molecule has 0 fully saturated rings. The third kappa shape index (κ3) is 5.75. The monoisotopic (exact) mass is 263 g/mol. The molecule has 1 N–H and O–H groups in total. The molecule has 1 aromatic rings. The molecular weight excluding hydrogens is 234 g/mol. The van der Waals surface area contributed by atoms with Gasteiger partial charge in [-0.2, -0.15) is 0 Å². The smallest absolute Gasteiger partial charge is 0.0693 e. The van der Waals surface area contributed by atoms with Crippen molar-refractivity contribution in [3.63, 3.8) is 0 Å². The van der Waals surface area contributed by atoms with Gasteiger partial charge in [0.1, 0.15) is 0 Å². The predicted molar refractivity (Wildman–Crippen MR) is 82.3 cm³/mol. The molecule has 0 saturated heterocycles. The van der Waals surface area contributed by atoms with E-state index in [1.165, 1.54) is 5.56 Å². The van der Waals surface area contributed by atoms with Crippen LogP contribution in [0.4, 0.5) is 0 Å². The number of hydrogen-bond acceptors (Lipinski definition) is 2. The summed E-state index contributed by atoms with van der Waals surface area (Å²) in [5, 5.41) is 3.72. The Balaban J connectivity index is 2.82. The van der Waals surface area contributed by atoms with Gasteiger partial charge in [-0.05, 0) is 31.2 Å². The van der Waals surface area contributed by atoms with Gasteiger partial charge in [0.15, 0.2) is 0 Å². The van der Waals surface area contributed by atoms with Gasteiger partial charge in [-0.25, -0.2) is 0 Å². The maximum atomic E-state index is 5.42. The zero-order chi connectivity index (χ0) is 14.5. The van der Waals surface area contributed by atoms with E-state index in [-0.39, 0.29) is 6.10 Å². The largest absolute Gasteiger partial charge is 0.380 e. The van der Waals surface area contributed by atoms with Gasteiger partial charge in [0.05, 0.1) is 6.10 Å². The SMILES string of the molecule is COC(C)C(C)NC(CC(C)(C)C)c1ccccc1. The molecule has 2 heteroatoms. The van der Waals surface area contributed by atoms with Crippen molar-refractivity contribution in [2.24, 2.45) is 5.41 Å². The van der Waals surface area contributed by atoms with Crippen molar-refractivity contribution >= 4 is 0 Å². The number of nitrogens with one attached hydrogen (secondary N) is 1. The van der Waals surface area contributed by atoms with Gasteiger partial charge in [-0.1, -0.05) is 51.1 Å². The molecule has 0 aliphatic rings. The van der Waals surface area contributed by atoms with E-state index in [1.807, 2.05) is 0 Å². The van der Waals surface area contributed by atoms with E-state index in [0.29, 0.717) is 17.5 Å². The minimum atomic E-state index is 0.214. The molecule has 1 rings (SSSR count). The lowest BCUT2D eigenvalue weighted by atomic mass is 9.85. The van der Waals surface area contributed by atoms with Crippen molar-refractivity contribution in [2.75, 3.05) is 7.11 Å². The minimum absolute atomic E-state index is 0.214. The lowest BCUT2D eigenvalue weighted by Gasteiger charge is -2.31. The zero-order valence-electron chi connectivity index (χ0n) is 13.2.